The molecule has 0 atom stereocenters. The van der Waals surface area contributed by atoms with E-state index in [4.69, 9.17) is 9.47 Å². The van der Waals surface area contributed by atoms with Crippen molar-refractivity contribution in [2.45, 2.75) is 6.92 Å². The third-order valence-electron chi connectivity index (χ3n) is 4.12. The van der Waals surface area contributed by atoms with Crippen molar-refractivity contribution in [1.82, 2.24) is 9.27 Å². The fourth-order valence-electron chi connectivity index (χ4n) is 2.77. The van der Waals surface area contributed by atoms with E-state index in [1.807, 2.05) is 36.1 Å². The van der Waals surface area contributed by atoms with Crippen LogP contribution < -0.4 is 14.4 Å². The van der Waals surface area contributed by atoms with Crippen molar-refractivity contribution in [2.75, 3.05) is 45.3 Å². The number of carbonyl (C=O) groups excluding carboxylic acids is 1. The Morgan fingerprint density at radius 1 is 1.04 bits per heavy atom. The zero-order valence-electron chi connectivity index (χ0n) is 14.1. The molecule has 24 heavy (non-hydrogen) atoms. The zero-order valence-corrected chi connectivity index (χ0v) is 14.9. The number of nitrogens with zero attached hydrogens (tertiary/aromatic N) is 3. The molecule has 1 amide bonds. The number of anilines is 1. The summed E-state index contributed by atoms with van der Waals surface area (Å²) in [6.07, 6.45) is 0. The summed E-state index contributed by atoms with van der Waals surface area (Å²) in [6.45, 7) is 4.85. The highest BCUT2D eigenvalue weighted by molar-refractivity contribution is 7.05. The summed E-state index contributed by atoms with van der Waals surface area (Å²) in [4.78, 5) is 17.6. The van der Waals surface area contributed by atoms with E-state index in [0.717, 1.165) is 35.2 Å². The number of amides is 1. The summed E-state index contributed by atoms with van der Waals surface area (Å²) in [5.41, 5.74) is 1.59. The maximum atomic E-state index is 12.5. The summed E-state index contributed by atoms with van der Waals surface area (Å²) in [7, 11) is 3.29. The highest BCUT2D eigenvalue weighted by atomic mass is 32.1. The number of rotatable bonds is 4. The van der Waals surface area contributed by atoms with Crippen LogP contribution in [0.4, 0.5) is 5.69 Å². The number of aryl methyl sites for hydroxylation is 1. The first-order valence-corrected chi connectivity index (χ1v) is 8.58. The molecule has 2 heterocycles. The molecule has 7 heteroatoms. The summed E-state index contributed by atoms with van der Waals surface area (Å²) < 4.78 is 14.9. The number of benzene rings is 1. The van der Waals surface area contributed by atoms with Gasteiger partial charge in [0, 0.05) is 54.9 Å². The van der Waals surface area contributed by atoms with Crippen LogP contribution in [0.15, 0.2) is 24.3 Å². The smallest absolute Gasteiger partial charge is 0.273 e. The minimum absolute atomic E-state index is 0.0159. The lowest BCUT2D eigenvalue weighted by atomic mass is 10.2. The molecule has 0 bridgehead atoms. The average Bonchev–Trinajstić information content (AvgIpc) is 3.07. The van der Waals surface area contributed by atoms with Crippen LogP contribution in [0.2, 0.25) is 0 Å². The van der Waals surface area contributed by atoms with Crippen LogP contribution in [0.3, 0.4) is 0 Å². The van der Waals surface area contributed by atoms with Crippen molar-refractivity contribution in [1.29, 1.82) is 0 Å². The second kappa shape index (κ2) is 7.09. The van der Waals surface area contributed by atoms with Gasteiger partial charge in [0.05, 0.1) is 14.2 Å². The van der Waals surface area contributed by atoms with Crippen molar-refractivity contribution in [3.05, 3.63) is 34.8 Å². The lowest BCUT2D eigenvalue weighted by molar-refractivity contribution is 0.0742. The van der Waals surface area contributed by atoms with Gasteiger partial charge >= 0.3 is 0 Å². The van der Waals surface area contributed by atoms with Gasteiger partial charge in [0.2, 0.25) is 0 Å². The number of ether oxygens (including phenoxy) is 2. The fraction of sp³-hybridized carbons (Fsp3) is 0.412. The van der Waals surface area contributed by atoms with Gasteiger partial charge in [-0.25, -0.2) is 0 Å². The van der Waals surface area contributed by atoms with Crippen molar-refractivity contribution < 1.29 is 14.3 Å². The monoisotopic (exact) mass is 347 g/mol. The molecule has 0 aliphatic carbocycles. The first-order chi connectivity index (χ1) is 11.6. The van der Waals surface area contributed by atoms with Crippen molar-refractivity contribution in [2.24, 2.45) is 0 Å². The Kier molecular flexibility index (Phi) is 4.89. The highest BCUT2D eigenvalue weighted by Crippen LogP contribution is 2.29. The molecule has 1 aliphatic rings. The van der Waals surface area contributed by atoms with Gasteiger partial charge in [0.15, 0.2) is 0 Å². The number of methoxy groups -OCH3 is 2. The SMILES string of the molecule is COc1cc(OC)cc(N2CCN(C(=O)c3cc(C)sn3)CC2)c1. The van der Waals surface area contributed by atoms with Crippen LogP contribution in [0.5, 0.6) is 11.5 Å². The topological polar surface area (TPSA) is 54.9 Å². The molecule has 0 saturated carbocycles. The Morgan fingerprint density at radius 2 is 1.67 bits per heavy atom. The largest absolute Gasteiger partial charge is 0.497 e. The third kappa shape index (κ3) is 3.46. The quantitative estimate of drug-likeness (QED) is 0.850. The van der Waals surface area contributed by atoms with Crippen LogP contribution in [0, 0.1) is 6.92 Å². The summed E-state index contributed by atoms with van der Waals surface area (Å²) >= 11 is 1.37. The number of hydrogen-bond donors (Lipinski definition) is 0. The molecule has 6 nitrogen and oxygen atoms in total. The predicted octanol–water partition coefficient (Wildman–Crippen LogP) is 2.43. The lowest BCUT2D eigenvalue weighted by Gasteiger charge is -2.36. The Morgan fingerprint density at radius 3 is 2.17 bits per heavy atom. The van der Waals surface area contributed by atoms with Crippen LogP contribution in [0.25, 0.3) is 0 Å². The molecule has 0 radical (unpaired) electrons. The Bertz CT molecular complexity index is 701. The second-order valence-electron chi connectivity index (χ2n) is 5.67. The minimum atomic E-state index is 0.0159. The number of aromatic nitrogens is 1. The lowest BCUT2D eigenvalue weighted by Crippen LogP contribution is -2.48. The van der Waals surface area contributed by atoms with Crippen molar-refractivity contribution in [3.63, 3.8) is 0 Å². The van der Waals surface area contributed by atoms with E-state index in [1.165, 1.54) is 11.5 Å². The van der Waals surface area contributed by atoms with Gasteiger partial charge in [-0.15, -0.1) is 0 Å². The van der Waals surface area contributed by atoms with Gasteiger partial charge in [-0.3, -0.25) is 4.79 Å². The van der Waals surface area contributed by atoms with E-state index in [1.54, 1.807) is 14.2 Å². The maximum Gasteiger partial charge on any atom is 0.273 e. The number of carbonyl (C=O) groups is 1. The van der Waals surface area contributed by atoms with E-state index in [0.29, 0.717) is 18.8 Å². The van der Waals surface area contributed by atoms with E-state index in [9.17, 15) is 4.79 Å². The van der Waals surface area contributed by atoms with Crippen LogP contribution in [0.1, 0.15) is 15.4 Å². The Hall–Kier alpha value is -2.28. The molecule has 1 aromatic carbocycles. The molecule has 1 aliphatic heterocycles. The van der Waals surface area contributed by atoms with Gasteiger partial charge < -0.3 is 19.3 Å². The van der Waals surface area contributed by atoms with E-state index < -0.39 is 0 Å². The standard InChI is InChI=1S/C17H21N3O3S/c1-12-8-16(18-24-12)17(21)20-6-4-19(5-7-20)13-9-14(22-2)11-15(10-13)23-3/h8-11H,4-7H2,1-3H3. The molecular weight excluding hydrogens is 326 g/mol. The Balaban J connectivity index is 1.68. The summed E-state index contributed by atoms with van der Waals surface area (Å²) in [5, 5.41) is 0. The van der Waals surface area contributed by atoms with Crippen LogP contribution in [-0.4, -0.2) is 55.6 Å². The molecule has 1 fully saturated rings. The number of piperazine rings is 1. The van der Waals surface area contributed by atoms with Gasteiger partial charge in [-0.2, -0.15) is 4.37 Å². The first-order valence-electron chi connectivity index (χ1n) is 7.81. The molecule has 0 N–H and O–H groups in total. The van der Waals surface area contributed by atoms with Crippen LogP contribution in [-0.2, 0) is 0 Å². The summed E-state index contributed by atoms with van der Waals surface area (Å²) in [5.74, 6) is 1.55. The predicted molar refractivity (Wildman–Crippen MR) is 94.5 cm³/mol. The average molecular weight is 347 g/mol. The molecule has 3 rings (SSSR count). The van der Waals surface area contributed by atoms with Gasteiger partial charge in [-0.1, -0.05) is 0 Å². The molecule has 0 spiro atoms. The maximum absolute atomic E-state index is 12.5. The molecule has 1 saturated heterocycles. The van der Waals surface area contributed by atoms with Gasteiger partial charge in [0.25, 0.3) is 5.91 Å². The zero-order chi connectivity index (χ0) is 17.1. The normalized spacial score (nSPS) is 14.6. The van der Waals surface area contributed by atoms with Crippen molar-refractivity contribution in [3.8, 4) is 11.5 Å². The van der Waals surface area contributed by atoms with Gasteiger partial charge in [0.1, 0.15) is 17.2 Å². The third-order valence-corrected chi connectivity index (χ3v) is 4.81. The van der Waals surface area contributed by atoms with E-state index in [2.05, 4.69) is 9.27 Å². The van der Waals surface area contributed by atoms with Gasteiger partial charge in [-0.05, 0) is 24.5 Å². The Labute approximate surface area is 145 Å². The molecular formula is C17H21N3O3S. The first kappa shape index (κ1) is 16.6. The fourth-order valence-corrected chi connectivity index (χ4v) is 3.31. The van der Waals surface area contributed by atoms with E-state index >= 15 is 0 Å². The number of hydrogen-bond acceptors (Lipinski definition) is 6. The van der Waals surface area contributed by atoms with Crippen LogP contribution >= 0.6 is 11.5 Å². The second-order valence-corrected chi connectivity index (χ2v) is 6.68. The molecule has 2 aromatic rings. The summed E-state index contributed by atoms with van der Waals surface area (Å²) in [6, 6.07) is 7.69. The molecule has 1 aromatic heterocycles. The minimum Gasteiger partial charge on any atom is -0.497 e. The molecule has 128 valence electrons. The van der Waals surface area contributed by atoms with Crippen molar-refractivity contribution >= 4 is 23.1 Å². The highest BCUT2D eigenvalue weighted by Gasteiger charge is 2.24. The van der Waals surface area contributed by atoms with E-state index in [-0.39, 0.29) is 5.91 Å². The molecule has 0 unspecified atom stereocenters.